The molecule has 0 heterocycles. The molecule has 0 saturated heterocycles. The van der Waals surface area contributed by atoms with Gasteiger partial charge >= 0.3 is 5.97 Å². The van der Waals surface area contributed by atoms with E-state index < -0.39 is 0 Å². The minimum absolute atomic E-state index is 0.101. The van der Waals surface area contributed by atoms with Crippen molar-refractivity contribution in [2.45, 2.75) is 46.5 Å². The number of ether oxygens (including phenoxy) is 1. The van der Waals surface area contributed by atoms with Crippen LogP contribution in [0.3, 0.4) is 0 Å². The summed E-state index contributed by atoms with van der Waals surface area (Å²) in [6.45, 7) is 5.91. The summed E-state index contributed by atoms with van der Waals surface area (Å²) < 4.78 is 4.66. The van der Waals surface area contributed by atoms with E-state index in [-0.39, 0.29) is 23.6 Å². The quantitative estimate of drug-likeness (QED) is 0.612. The van der Waals surface area contributed by atoms with E-state index in [4.69, 9.17) is 0 Å². The Hall–Kier alpha value is -0.860. The summed E-state index contributed by atoms with van der Waals surface area (Å²) in [6.07, 6.45) is 2.70. The summed E-state index contributed by atoms with van der Waals surface area (Å²) in [6, 6.07) is 0. The van der Waals surface area contributed by atoms with E-state index >= 15 is 0 Å². The van der Waals surface area contributed by atoms with E-state index in [1.807, 2.05) is 20.8 Å². The fraction of sp³-hybridized carbons (Fsp3) is 0.833. The topological polar surface area (TPSA) is 43.4 Å². The van der Waals surface area contributed by atoms with Gasteiger partial charge in [-0.25, -0.2) is 0 Å². The monoisotopic (exact) mass is 214 g/mol. The van der Waals surface area contributed by atoms with E-state index in [0.29, 0.717) is 12.8 Å². The molecule has 0 rings (SSSR count). The molecule has 0 aliphatic carbocycles. The SMILES string of the molecule is CCC(CC)C(=O)CC(CC)C(=O)OC. The molecule has 0 aliphatic heterocycles. The molecule has 88 valence electrons. The highest BCUT2D eigenvalue weighted by Crippen LogP contribution is 2.18. The molecule has 0 aliphatic rings. The van der Waals surface area contributed by atoms with Gasteiger partial charge in [-0.05, 0) is 19.3 Å². The van der Waals surface area contributed by atoms with Crippen LogP contribution in [0.5, 0.6) is 0 Å². The summed E-state index contributed by atoms with van der Waals surface area (Å²) in [5.74, 6) is -0.235. The van der Waals surface area contributed by atoms with E-state index in [1.165, 1.54) is 7.11 Å². The molecule has 0 bridgehead atoms. The average Bonchev–Trinajstić information content (AvgIpc) is 2.26. The number of carbonyl (C=O) groups excluding carboxylic acids is 2. The third-order valence-electron chi connectivity index (χ3n) is 2.92. The Balaban J connectivity index is 4.29. The first-order chi connectivity index (χ1) is 7.10. The van der Waals surface area contributed by atoms with Crippen LogP contribution in [0.1, 0.15) is 46.5 Å². The van der Waals surface area contributed by atoms with Crippen molar-refractivity contribution in [3.05, 3.63) is 0 Å². The van der Waals surface area contributed by atoms with Gasteiger partial charge in [-0.15, -0.1) is 0 Å². The number of ketones is 1. The van der Waals surface area contributed by atoms with Crippen LogP contribution in [0.25, 0.3) is 0 Å². The third kappa shape index (κ3) is 4.45. The lowest BCUT2D eigenvalue weighted by Gasteiger charge is -2.15. The highest BCUT2D eigenvalue weighted by atomic mass is 16.5. The van der Waals surface area contributed by atoms with Crippen LogP contribution >= 0.6 is 0 Å². The van der Waals surface area contributed by atoms with Gasteiger partial charge in [0.2, 0.25) is 0 Å². The zero-order valence-corrected chi connectivity index (χ0v) is 10.2. The Morgan fingerprint density at radius 3 is 1.80 bits per heavy atom. The lowest BCUT2D eigenvalue weighted by molar-refractivity contribution is -0.147. The largest absolute Gasteiger partial charge is 0.469 e. The summed E-state index contributed by atoms with van der Waals surface area (Å²) in [4.78, 5) is 23.1. The second-order valence-electron chi connectivity index (χ2n) is 3.81. The van der Waals surface area contributed by atoms with Crippen molar-refractivity contribution in [2.24, 2.45) is 11.8 Å². The van der Waals surface area contributed by atoms with Gasteiger partial charge in [0.15, 0.2) is 0 Å². The number of Topliss-reactive ketones (excluding diaryl/α,β-unsaturated/α-hetero) is 1. The normalized spacial score (nSPS) is 12.6. The Bertz CT molecular complexity index is 207. The van der Waals surface area contributed by atoms with E-state index in [1.54, 1.807) is 0 Å². The molecule has 0 N–H and O–H groups in total. The van der Waals surface area contributed by atoms with Crippen molar-refractivity contribution in [3.63, 3.8) is 0 Å². The lowest BCUT2D eigenvalue weighted by Crippen LogP contribution is -2.23. The van der Waals surface area contributed by atoms with Gasteiger partial charge in [0.25, 0.3) is 0 Å². The second-order valence-corrected chi connectivity index (χ2v) is 3.81. The highest BCUT2D eigenvalue weighted by Gasteiger charge is 2.23. The molecule has 0 spiro atoms. The van der Waals surface area contributed by atoms with Gasteiger partial charge in [-0.3, -0.25) is 9.59 Å². The summed E-state index contributed by atoms with van der Waals surface area (Å²) in [5, 5.41) is 0. The number of esters is 1. The van der Waals surface area contributed by atoms with E-state index in [2.05, 4.69) is 4.74 Å². The maximum Gasteiger partial charge on any atom is 0.309 e. The minimum Gasteiger partial charge on any atom is -0.469 e. The first kappa shape index (κ1) is 14.1. The zero-order valence-electron chi connectivity index (χ0n) is 10.2. The van der Waals surface area contributed by atoms with Crippen molar-refractivity contribution >= 4 is 11.8 Å². The molecule has 15 heavy (non-hydrogen) atoms. The number of methoxy groups -OCH3 is 1. The molecular formula is C12H22O3. The molecule has 1 unspecified atom stereocenters. The first-order valence-corrected chi connectivity index (χ1v) is 5.71. The molecule has 3 nitrogen and oxygen atoms in total. The molecule has 0 radical (unpaired) electrons. The van der Waals surface area contributed by atoms with Crippen molar-refractivity contribution in [3.8, 4) is 0 Å². The molecule has 0 amide bonds. The molecule has 0 aromatic heterocycles. The number of rotatable bonds is 7. The van der Waals surface area contributed by atoms with E-state index in [9.17, 15) is 9.59 Å². The third-order valence-corrected chi connectivity index (χ3v) is 2.92. The highest BCUT2D eigenvalue weighted by molar-refractivity contribution is 5.85. The summed E-state index contributed by atoms with van der Waals surface area (Å²) in [7, 11) is 1.37. The maximum atomic E-state index is 11.8. The lowest BCUT2D eigenvalue weighted by atomic mass is 9.90. The number of hydrogen-bond donors (Lipinski definition) is 0. The van der Waals surface area contributed by atoms with Crippen molar-refractivity contribution in [2.75, 3.05) is 7.11 Å². The number of hydrogen-bond acceptors (Lipinski definition) is 3. The Morgan fingerprint density at radius 1 is 1.00 bits per heavy atom. The predicted octanol–water partition coefficient (Wildman–Crippen LogP) is 2.58. The fourth-order valence-corrected chi connectivity index (χ4v) is 1.71. The fourth-order valence-electron chi connectivity index (χ4n) is 1.71. The first-order valence-electron chi connectivity index (χ1n) is 5.71. The predicted molar refractivity (Wildman–Crippen MR) is 59.5 cm³/mol. The second kappa shape index (κ2) is 7.43. The molecule has 0 fully saturated rings. The molecule has 0 aromatic rings. The Kier molecular flexibility index (Phi) is 7.01. The Morgan fingerprint density at radius 2 is 1.47 bits per heavy atom. The maximum absolute atomic E-state index is 11.8. The summed E-state index contributed by atoms with van der Waals surface area (Å²) >= 11 is 0. The summed E-state index contributed by atoms with van der Waals surface area (Å²) in [5.41, 5.74) is 0. The van der Waals surface area contributed by atoms with Gasteiger partial charge in [-0.1, -0.05) is 20.8 Å². The van der Waals surface area contributed by atoms with E-state index in [0.717, 1.165) is 12.8 Å². The molecular weight excluding hydrogens is 192 g/mol. The van der Waals surface area contributed by atoms with Gasteiger partial charge < -0.3 is 4.74 Å². The van der Waals surface area contributed by atoms with Crippen molar-refractivity contribution in [1.29, 1.82) is 0 Å². The van der Waals surface area contributed by atoms with Crippen molar-refractivity contribution < 1.29 is 14.3 Å². The average molecular weight is 214 g/mol. The van der Waals surface area contributed by atoms with Crippen LogP contribution in [0.2, 0.25) is 0 Å². The smallest absolute Gasteiger partial charge is 0.309 e. The zero-order chi connectivity index (χ0) is 11.8. The molecule has 0 saturated carbocycles. The van der Waals surface area contributed by atoms with Crippen LogP contribution in [0.4, 0.5) is 0 Å². The molecule has 1 atom stereocenters. The Labute approximate surface area is 92.2 Å². The van der Waals surface area contributed by atoms with Crippen LogP contribution in [-0.4, -0.2) is 18.9 Å². The van der Waals surface area contributed by atoms with Gasteiger partial charge in [0.1, 0.15) is 5.78 Å². The van der Waals surface area contributed by atoms with Crippen LogP contribution in [0, 0.1) is 11.8 Å². The van der Waals surface area contributed by atoms with Crippen molar-refractivity contribution in [1.82, 2.24) is 0 Å². The van der Waals surface area contributed by atoms with Gasteiger partial charge in [0.05, 0.1) is 13.0 Å². The van der Waals surface area contributed by atoms with Gasteiger partial charge in [0, 0.05) is 12.3 Å². The standard InChI is InChI=1S/C12H22O3/c1-5-9(6-2)11(13)8-10(7-3)12(14)15-4/h9-10H,5-8H2,1-4H3. The van der Waals surface area contributed by atoms with Crippen LogP contribution in [0.15, 0.2) is 0 Å². The van der Waals surface area contributed by atoms with Crippen LogP contribution in [-0.2, 0) is 14.3 Å². The number of carbonyl (C=O) groups is 2. The van der Waals surface area contributed by atoms with Crippen LogP contribution < -0.4 is 0 Å². The molecule has 0 aromatic carbocycles. The van der Waals surface area contributed by atoms with Gasteiger partial charge in [-0.2, -0.15) is 0 Å². The minimum atomic E-state index is -0.267. The molecule has 3 heteroatoms.